The van der Waals surface area contributed by atoms with Crippen LogP contribution in [0.5, 0.6) is 0 Å². The van der Waals surface area contributed by atoms with Gasteiger partial charge in [-0.15, -0.1) is 11.3 Å². The van der Waals surface area contributed by atoms with Gasteiger partial charge in [0.2, 0.25) is 15.9 Å². The summed E-state index contributed by atoms with van der Waals surface area (Å²) in [5.74, 6) is -0.376. The van der Waals surface area contributed by atoms with E-state index < -0.39 is 10.0 Å². The van der Waals surface area contributed by atoms with Crippen molar-refractivity contribution >= 4 is 38.9 Å². The molecule has 0 unspecified atom stereocenters. The fourth-order valence-corrected chi connectivity index (χ4v) is 6.85. The van der Waals surface area contributed by atoms with E-state index >= 15 is 0 Å². The Balaban J connectivity index is 1.39. The molecular formula is C24H26ClN3O3S2. The zero-order chi connectivity index (χ0) is 23.3. The fourth-order valence-electron chi connectivity index (χ4n) is 4.10. The van der Waals surface area contributed by atoms with Gasteiger partial charge in [0, 0.05) is 31.6 Å². The lowest BCUT2D eigenvalue weighted by Gasteiger charge is -2.30. The molecule has 1 saturated heterocycles. The highest BCUT2D eigenvalue weighted by atomic mass is 35.5. The summed E-state index contributed by atoms with van der Waals surface area (Å²) in [4.78, 5) is 13.0. The number of hydrogen-bond donors (Lipinski definition) is 3. The minimum atomic E-state index is -3.67. The van der Waals surface area contributed by atoms with Crippen molar-refractivity contribution in [2.45, 2.75) is 22.6 Å². The number of carbonyl (C=O) groups excluding carboxylic acids is 1. The van der Waals surface area contributed by atoms with Crippen LogP contribution in [0.1, 0.15) is 23.5 Å². The quantitative estimate of drug-likeness (QED) is 0.438. The van der Waals surface area contributed by atoms with Crippen LogP contribution in [0, 0.1) is 5.92 Å². The van der Waals surface area contributed by atoms with E-state index in [2.05, 4.69) is 39.6 Å². The van der Waals surface area contributed by atoms with Gasteiger partial charge in [-0.25, -0.2) is 13.1 Å². The highest BCUT2D eigenvalue weighted by Gasteiger charge is 2.31. The number of halogens is 1. The molecule has 4 rings (SSSR count). The van der Waals surface area contributed by atoms with Crippen LogP contribution in [0.4, 0.5) is 0 Å². The van der Waals surface area contributed by atoms with Gasteiger partial charge < -0.3 is 10.6 Å². The molecule has 1 amide bonds. The maximum absolute atomic E-state index is 13.0. The van der Waals surface area contributed by atoms with Gasteiger partial charge in [-0.3, -0.25) is 4.79 Å². The monoisotopic (exact) mass is 503 g/mol. The largest absolute Gasteiger partial charge is 0.355 e. The van der Waals surface area contributed by atoms with Gasteiger partial charge in [-0.1, -0.05) is 72.3 Å². The van der Waals surface area contributed by atoms with Crippen LogP contribution >= 0.6 is 22.9 Å². The van der Waals surface area contributed by atoms with E-state index in [1.165, 1.54) is 6.07 Å². The summed E-state index contributed by atoms with van der Waals surface area (Å²) in [6.07, 6.45) is 0.429. The van der Waals surface area contributed by atoms with Gasteiger partial charge >= 0.3 is 0 Å². The molecule has 0 aliphatic carbocycles. The van der Waals surface area contributed by atoms with Gasteiger partial charge in [-0.2, -0.15) is 0 Å². The Bertz CT molecular complexity index is 1130. The number of sulfonamides is 1. The molecule has 2 heterocycles. The highest BCUT2D eigenvalue weighted by molar-refractivity contribution is 7.91. The topological polar surface area (TPSA) is 87.3 Å². The van der Waals surface area contributed by atoms with E-state index in [9.17, 15) is 13.2 Å². The van der Waals surface area contributed by atoms with Crippen molar-refractivity contribution in [3.8, 4) is 0 Å². The molecular weight excluding hydrogens is 478 g/mol. The van der Waals surface area contributed by atoms with Crippen molar-refractivity contribution in [2.75, 3.05) is 19.6 Å². The minimum absolute atomic E-state index is 0.0331. The number of benzene rings is 2. The number of nitrogens with one attached hydrogen (secondary N) is 3. The Morgan fingerprint density at radius 2 is 1.64 bits per heavy atom. The average molecular weight is 504 g/mol. The molecule has 1 fully saturated rings. The van der Waals surface area contributed by atoms with Gasteiger partial charge in [0.15, 0.2) is 0 Å². The molecule has 6 nitrogen and oxygen atoms in total. The van der Waals surface area contributed by atoms with Crippen LogP contribution in [-0.4, -0.2) is 40.0 Å². The number of piperidine rings is 1. The summed E-state index contributed by atoms with van der Waals surface area (Å²) in [5, 5.41) is 6.28. The highest BCUT2D eigenvalue weighted by Crippen LogP contribution is 2.27. The van der Waals surface area contributed by atoms with Crippen molar-refractivity contribution < 1.29 is 13.2 Å². The van der Waals surface area contributed by atoms with Crippen LogP contribution in [0.15, 0.2) is 77.0 Å². The summed E-state index contributed by atoms with van der Waals surface area (Å²) in [6.45, 7) is 1.45. The Morgan fingerprint density at radius 3 is 2.21 bits per heavy atom. The second kappa shape index (κ2) is 10.8. The van der Waals surface area contributed by atoms with Crippen LogP contribution < -0.4 is 15.4 Å². The van der Waals surface area contributed by atoms with Crippen molar-refractivity contribution in [1.82, 2.24) is 15.4 Å². The van der Waals surface area contributed by atoms with E-state index in [1.807, 2.05) is 36.4 Å². The van der Waals surface area contributed by atoms with E-state index in [4.69, 9.17) is 11.6 Å². The average Bonchev–Trinajstić information content (AvgIpc) is 3.28. The van der Waals surface area contributed by atoms with E-state index in [0.29, 0.717) is 30.4 Å². The summed E-state index contributed by atoms with van der Waals surface area (Å²) < 4.78 is 28.6. The Hall–Kier alpha value is -2.23. The predicted molar refractivity (Wildman–Crippen MR) is 132 cm³/mol. The molecule has 1 aliphatic rings. The van der Waals surface area contributed by atoms with Crippen molar-refractivity contribution in [2.24, 2.45) is 5.92 Å². The molecule has 1 aliphatic heterocycles. The lowest BCUT2D eigenvalue weighted by Crippen LogP contribution is -2.52. The number of amides is 1. The Kier molecular flexibility index (Phi) is 7.82. The summed E-state index contributed by atoms with van der Waals surface area (Å²) >= 11 is 6.90. The zero-order valence-electron chi connectivity index (χ0n) is 17.9. The van der Waals surface area contributed by atoms with Gasteiger partial charge in [0.1, 0.15) is 4.21 Å². The predicted octanol–water partition coefficient (Wildman–Crippen LogP) is 3.61. The van der Waals surface area contributed by atoms with Gasteiger partial charge in [-0.05, 0) is 29.7 Å². The normalized spacial score (nSPS) is 18.8. The lowest BCUT2D eigenvalue weighted by atomic mass is 9.90. The van der Waals surface area contributed by atoms with Crippen molar-refractivity contribution in [3.05, 3.63) is 88.3 Å². The molecule has 3 N–H and O–H groups in total. The molecule has 9 heteroatoms. The van der Waals surface area contributed by atoms with E-state index in [-0.39, 0.29) is 28.0 Å². The van der Waals surface area contributed by atoms with E-state index in [0.717, 1.165) is 22.5 Å². The van der Waals surface area contributed by atoms with Crippen LogP contribution in [0.2, 0.25) is 4.34 Å². The molecule has 33 heavy (non-hydrogen) atoms. The molecule has 0 spiro atoms. The molecule has 1 aromatic heterocycles. The van der Waals surface area contributed by atoms with Crippen LogP contribution in [0.25, 0.3) is 0 Å². The summed E-state index contributed by atoms with van der Waals surface area (Å²) in [6, 6.07) is 22.9. The van der Waals surface area contributed by atoms with Crippen LogP contribution in [0.3, 0.4) is 0 Å². The molecule has 174 valence electrons. The lowest BCUT2D eigenvalue weighted by molar-refractivity contribution is -0.125. The second-order valence-electron chi connectivity index (χ2n) is 8.09. The molecule has 0 radical (unpaired) electrons. The number of rotatable bonds is 8. The zero-order valence-corrected chi connectivity index (χ0v) is 20.3. The van der Waals surface area contributed by atoms with Crippen molar-refractivity contribution in [3.63, 3.8) is 0 Å². The summed E-state index contributed by atoms with van der Waals surface area (Å²) in [7, 11) is -3.67. The maximum atomic E-state index is 13.0. The smallest absolute Gasteiger partial charge is 0.250 e. The first-order valence-electron chi connectivity index (χ1n) is 10.8. The SMILES string of the molecule is O=C(NCC(c1ccccc1)c1ccccc1)[C@@H]1CNC[C@H](NS(=O)(=O)c2ccc(Cl)s2)C1. The third kappa shape index (κ3) is 6.22. The Morgan fingerprint density at radius 1 is 1.00 bits per heavy atom. The maximum Gasteiger partial charge on any atom is 0.250 e. The molecule has 2 aromatic carbocycles. The number of carbonyl (C=O) groups is 1. The van der Waals surface area contributed by atoms with Gasteiger partial charge in [0.25, 0.3) is 0 Å². The third-order valence-electron chi connectivity index (χ3n) is 5.74. The first-order chi connectivity index (χ1) is 15.9. The third-order valence-corrected chi connectivity index (χ3v) is 8.98. The van der Waals surface area contributed by atoms with Crippen molar-refractivity contribution in [1.29, 1.82) is 0 Å². The Labute approximate surface area is 203 Å². The standard InChI is InChI=1S/C24H26ClN3O3S2/c25-22-11-12-23(32-22)33(30,31)28-20-13-19(14-26-15-20)24(29)27-16-21(17-7-3-1-4-8-17)18-9-5-2-6-10-18/h1-12,19-21,26,28H,13-16H2,(H,27,29)/t19-,20+/m0/s1. The second-order valence-corrected chi connectivity index (χ2v) is 11.7. The number of thiophene rings is 1. The fraction of sp³-hybridized carbons (Fsp3) is 0.292. The first-order valence-corrected chi connectivity index (χ1v) is 13.5. The van der Waals surface area contributed by atoms with Crippen LogP contribution in [-0.2, 0) is 14.8 Å². The van der Waals surface area contributed by atoms with Gasteiger partial charge in [0.05, 0.1) is 10.3 Å². The first kappa shape index (κ1) is 23.9. The minimum Gasteiger partial charge on any atom is -0.355 e. The number of hydrogen-bond acceptors (Lipinski definition) is 5. The molecule has 0 bridgehead atoms. The molecule has 2 atom stereocenters. The summed E-state index contributed by atoms with van der Waals surface area (Å²) in [5.41, 5.74) is 2.26. The van der Waals surface area contributed by atoms with E-state index in [1.54, 1.807) is 6.07 Å². The molecule has 0 saturated carbocycles. The molecule has 3 aromatic rings.